The summed E-state index contributed by atoms with van der Waals surface area (Å²) in [5.41, 5.74) is 1.88. The first-order valence-electron chi connectivity index (χ1n) is 7.35. The maximum absolute atomic E-state index is 11.1. The number of nitrogens with zero attached hydrogens (tertiary/aromatic N) is 3. The van der Waals surface area contributed by atoms with E-state index < -0.39 is 4.92 Å². The number of nitro benzene ring substituents is 1. The first-order chi connectivity index (χ1) is 11.5. The average Bonchev–Trinajstić information content (AvgIpc) is 2.76. The molecular formula is C16H12BrN3O4. The summed E-state index contributed by atoms with van der Waals surface area (Å²) < 4.78 is 8.67. The van der Waals surface area contributed by atoms with Gasteiger partial charge in [-0.1, -0.05) is 15.9 Å². The molecule has 3 aromatic rings. The van der Waals surface area contributed by atoms with Crippen molar-refractivity contribution in [2.75, 3.05) is 6.61 Å². The van der Waals surface area contributed by atoms with Gasteiger partial charge in [0.15, 0.2) is 5.75 Å². The molecule has 7 nitrogen and oxygen atoms in total. The number of aryl methyl sites for hydroxylation is 1. The number of ether oxygens (including phenoxy) is 1. The van der Waals surface area contributed by atoms with E-state index in [1.165, 1.54) is 12.1 Å². The van der Waals surface area contributed by atoms with Crippen LogP contribution in [-0.2, 0) is 6.54 Å². The Morgan fingerprint density at radius 2 is 2.17 bits per heavy atom. The molecule has 0 aliphatic carbocycles. The fourth-order valence-corrected chi connectivity index (χ4v) is 3.38. The Balaban J connectivity index is 1.99. The molecular weight excluding hydrogens is 378 g/mol. The van der Waals surface area contributed by atoms with E-state index in [0.717, 1.165) is 27.7 Å². The smallest absolute Gasteiger partial charge is 0.311 e. The third-order valence-corrected chi connectivity index (χ3v) is 4.44. The van der Waals surface area contributed by atoms with Crippen molar-refractivity contribution in [3.63, 3.8) is 0 Å². The molecule has 0 fully saturated rings. The van der Waals surface area contributed by atoms with E-state index in [9.17, 15) is 15.2 Å². The van der Waals surface area contributed by atoms with Gasteiger partial charge in [-0.15, -0.1) is 0 Å². The van der Waals surface area contributed by atoms with Crippen molar-refractivity contribution in [3.05, 3.63) is 44.9 Å². The van der Waals surface area contributed by atoms with Crippen molar-refractivity contribution in [3.8, 4) is 22.9 Å². The van der Waals surface area contributed by atoms with Crippen molar-refractivity contribution >= 4 is 32.7 Å². The van der Waals surface area contributed by atoms with E-state index in [-0.39, 0.29) is 11.4 Å². The molecule has 0 spiro atoms. The summed E-state index contributed by atoms with van der Waals surface area (Å²) in [6, 6.07) is 8.09. The van der Waals surface area contributed by atoms with Crippen LogP contribution in [0.4, 0.5) is 5.69 Å². The number of halogens is 1. The summed E-state index contributed by atoms with van der Waals surface area (Å²) in [6.07, 6.45) is 0.810. The van der Waals surface area contributed by atoms with Crippen molar-refractivity contribution in [2.24, 2.45) is 0 Å². The molecule has 0 bridgehead atoms. The summed E-state index contributed by atoms with van der Waals surface area (Å²) in [6.45, 7) is 1.30. The normalized spacial score (nSPS) is 13.5. The molecule has 2 aromatic carbocycles. The van der Waals surface area contributed by atoms with Crippen LogP contribution in [0.1, 0.15) is 6.42 Å². The number of hydrogen-bond acceptors (Lipinski definition) is 5. The molecule has 1 N–H and O–H groups in total. The lowest BCUT2D eigenvalue weighted by Gasteiger charge is -2.07. The van der Waals surface area contributed by atoms with Gasteiger partial charge in [0.05, 0.1) is 17.0 Å². The van der Waals surface area contributed by atoms with Crippen molar-refractivity contribution in [1.82, 2.24) is 9.55 Å². The van der Waals surface area contributed by atoms with E-state index in [2.05, 4.69) is 20.9 Å². The van der Waals surface area contributed by atoms with Gasteiger partial charge in [0.1, 0.15) is 17.1 Å². The lowest BCUT2D eigenvalue weighted by molar-refractivity contribution is -0.385. The summed E-state index contributed by atoms with van der Waals surface area (Å²) in [7, 11) is 0. The monoisotopic (exact) mass is 389 g/mol. The van der Waals surface area contributed by atoms with Crippen LogP contribution < -0.4 is 4.74 Å². The lowest BCUT2D eigenvalue weighted by Crippen LogP contribution is -2.01. The van der Waals surface area contributed by atoms with Gasteiger partial charge in [-0.3, -0.25) is 10.1 Å². The number of rotatable bonds is 2. The van der Waals surface area contributed by atoms with Gasteiger partial charge < -0.3 is 14.4 Å². The minimum absolute atomic E-state index is 0.335. The molecule has 0 radical (unpaired) electrons. The van der Waals surface area contributed by atoms with Crippen LogP contribution in [0.3, 0.4) is 0 Å². The summed E-state index contributed by atoms with van der Waals surface area (Å²) in [5, 5.41) is 20.7. The van der Waals surface area contributed by atoms with Crippen LogP contribution in [-0.4, -0.2) is 26.2 Å². The second kappa shape index (κ2) is 5.48. The predicted molar refractivity (Wildman–Crippen MR) is 91.3 cm³/mol. The van der Waals surface area contributed by atoms with Crippen LogP contribution in [0.2, 0.25) is 0 Å². The Labute approximate surface area is 144 Å². The average molecular weight is 390 g/mol. The zero-order valence-corrected chi connectivity index (χ0v) is 14.0. The first-order valence-corrected chi connectivity index (χ1v) is 8.14. The zero-order valence-electron chi connectivity index (χ0n) is 12.4. The van der Waals surface area contributed by atoms with Gasteiger partial charge in [0.25, 0.3) is 0 Å². The lowest BCUT2D eigenvalue weighted by atomic mass is 10.1. The SMILES string of the molecule is O=[N+]([O-])c1cc(-c2nc3cc(Br)cc4c3n2CCCO4)ccc1O. The number of aromatic nitrogens is 2. The molecule has 24 heavy (non-hydrogen) atoms. The summed E-state index contributed by atoms with van der Waals surface area (Å²) >= 11 is 3.45. The van der Waals surface area contributed by atoms with E-state index >= 15 is 0 Å². The van der Waals surface area contributed by atoms with Crippen molar-refractivity contribution in [2.45, 2.75) is 13.0 Å². The van der Waals surface area contributed by atoms with Crippen LogP contribution in [0, 0.1) is 10.1 Å². The highest BCUT2D eigenvalue weighted by atomic mass is 79.9. The number of hydrogen-bond donors (Lipinski definition) is 1. The molecule has 1 aliphatic heterocycles. The Kier molecular flexibility index (Phi) is 3.42. The molecule has 1 aliphatic rings. The van der Waals surface area contributed by atoms with Gasteiger partial charge in [-0.05, 0) is 30.7 Å². The molecule has 122 valence electrons. The molecule has 0 amide bonds. The van der Waals surface area contributed by atoms with Gasteiger partial charge >= 0.3 is 5.69 Å². The number of aromatic hydroxyl groups is 1. The topological polar surface area (TPSA) is 90.4 Å². The molecule has 8 heteroatoms. The predicted octanol–water partition coefficient (Wildman–Crippen LogP) is 3.86. The maximum Gasteiger partial charge on any atom is 0.311 e. The number of imidazole rings is 1. The molecule has 0 unspecified atom stereocenters. The fraction of sp³-hybridized carbons (Fsp3) is 0.188. The first kappa shape index (κ1) is 14.9. The van der Waals surface area contributed by atoms with E-state index in [1.807, 2.05) is 16.7 Å². The zero-order chi connectivity index (χ0) is 16.8. The van der Waals surface area contributed by atoms with Crippen LogP contribution in [0.15, 0.2) is 34.8 Å². The number of phenols is 1. The second-order valence-corrected chi connectivity index (χ2v) is 6.44. The Morgan fingerprint density at radius 3 is 2.96 bits per heavy atom. The van der Waals surface area contributed by atoms with Gasteiger partial charge in [-0.2, -0.15) is 0 Å². The minimum atomic E-state index is -0.602. The van der Waals surface area contributed by atoms with E-state index in [4.69, 9.17) is 4.74 Å². The van der Waals surface area contributed by atoms with E-state index in [1.54, 1.807) is 6.07 Å². The van der Waals surface area contributed by atoms with Crippen LogP contribution in [0.5, 0.6) is 11.5 Å². The molecule has 0 saturated carbocycles. The van der Waals surface area contributed by atoms with Gasteiger partial charge in [-0.25, -0.2) is 4.98 Å². The van der Waals surface area contributed by atoms with Crippen LogP contribution >= 0.6 is 15.9 Å². The number of benzene rings is 2. The highest BCUT2D eigenvalue weighted by Crippen LogP contribution is 2.37. The minimum Gasteiger partial charge on any atom is -0.502 e. The van der Waals surface area contributed by atoms with Crippen molar-refractivity contribution in [1.29, 1.82) is 0 Å². The standard InChI is InChI=1S/C16H12BrN3O4/c17-10-7-11-15-14(8-10)24-5-1-4-19(15)16(18-11)9-2-3-13(21)12(6-9)20(22)23/h2-3,6-8,21H,1,4-5H2. The fourth-order valence-electron chi connectivity index (χ4n) is 2.96. The van der Waals surface area contributed by atoms with E-state index in [0.29, 0.717) is 24.5 Å². The van der Waals surface area contributed by atoms with Gasteiger partial charge in [0.2, 0.25) is 0 Å². The molecule has 0 atom stereocenters. The highest BCUT2D eigenvalue weighted by molar-refractivity contribution is 9.10. The number of nitro groups is 1. The Morgan fingerprint density at radius 1 is 1.33 bits per heavy atom. The molecule has 0 saturated heterocycles. The largest absolute Gasteiger partial charge is 0.502 e. The highest BCUT2D eigenvalue weighted by Gasteiger charge is 2.22. The molecule has 2 heterocycles. The summed E-state index contributed by atoms with van der Waals surface area (Å²) in [4.78, 5) is 15.1. The molecule has 4 rings (SSSR count). The number of phenolic OH excluding ortho intramolecular Hbond substituents is 1. The summed E-state index contributed by atoms with van der Waals surface area (Å²) in [5.74, 6) is 1.00. The Hall–Kier alpha value is -2.61. The van der Waals surface area contributed by atoms with Gasteiger partial charge in [0, 0.05) is 22.6 Å². The third-order valence-electron chi connectivity index (χ3n) is 3.99. The van der Waals surface area contributed by atoms with Crippen LogP contribution in [0.25, 0.3) is 22.4 Å². The quantitative estimate of drug-likeness (QED) is 0.530. The second-order valence-electron chi connectivity index (χ2n) is 5.52. The maximum atomic E-state index is 11.1. The van der Waals surface area contributed by atoms with Crippen molar-refractivity contribution < 1.29 is 14.8 Å². The molecule has 1 aromatic heterocycles. The Bertz CT molecular complexity index is 983. The third kappa shape index (κ3) is 2.30.